The van der Waals surface area contributed by atoms with E-state index in [0.717, 1.165) is 0 Å². The lowest BCUT2D eigenvalue weighted by Gasteiger charge is -2.09. The average molecular weight is 250 g/mol. The zero-order valence-corrected chi connectivity index (χ0v) is 9.61. The van der Waals surface area contributed by atoms with Crippen molar-refractivity contribution in [2.75, 3.05) is 6.61 Å². The first-order valence-electron chi connectivity index (χ1n) is 4.81. The number of hydrogen-bond acceptors (Lipinski definition) is 4. The molecular weight excluding hydrogens is 240 g/mol. The van der Waals surface area contributed by atoms with Gasteiger partial charge in [-0.05, 0) is 12.1 Å². The Morgan fingerprint density at radius 3 is 2.94 bits per heavy atom. The van der Waals surface area contributed by atoms with E-state index in [4.69, 9.17) is 22.7 Å². The Hall–Kier alpha value is -2.15. The van der Waals surface area contributed by atoms with Gasteiger partial charge in [0.15, 0.2) is 0 Å². The molecule has 0 atom stereocenters. The molecule has 1 aromatic carbocycles. The topological polar surface area (TPSA) is 85.9 Å². The number of ether oxygens (including phenoxy) is 1. The van der Waals surface area contributed by atoms with E-state index in [9.17, 15) is 4.79 Å². The first-order chi connectivity index (χ1) is 8.18. The number of nitrogens with one attached hydrogen (secondary N) is 1. The number of nitrogens with zero attached hydrogens (tertiary/aromatic N) is 2. The fourth-order valence-corrected chi connectivity index (χ4v) is 1.41. The number of nitrogens with two attached hydrogens (primary N) is 1. The van der Waals surface area contributed by atoms with Gasteiger partial charge in [0.2, 0.25) is 0 Å². The molecule has 0 aliphatic heterocycles. The van der Waals surface area contributed by atoms with Gasteiger partial charge in [-0.3, -0.25) is 0 Å². The minimum atomic E-state index is -0.337. The van der Waals surface area contributed by atoms with Crippen molar-refractivity contribution in [3.63, 3.8) is 0 Å². The second-order valence-corrected chi connectivity index (χ2v) is 3.78. The van der Waals surface area contributed by atoms with E-state index in [-0.39, 0.29) is 17.3 Å². The minimum absolute atomic E-state index is 0.124. The maximum absolute atomic E-state index is 11.4. The number of rotatable bonds is 4. The Morgan fingerprint density at radius 1 is 1.53 bits per heavy atom. The second kappa shape index (κ2) is 4.79. The summed E-state index contributed by atoms with van der Waals surface area (Å²) in [7, 11) is 0. The summed E-state index contributed by atoms with van der Waals surface area (Å²) in [5, 5.41) is 5.96. The van der Waals surface area contributed by atoms with E-state index in [1.54, 1.807) is 24.3 Å². The predicted molar refractivity (Wildman–Crippen MR) is 66.5 cm³/mol. The molecule has 3 N–H and O–H groups in total. The van der Waals surface area contributed by atoms with Crippen LogP contribution in [0.3, 0.4) is 0 Å². The molecule has 0 amide bonds. The molecule has 0 unspecified atom stereocenters. The molecule has 0 fully saturated rings. The van der Waals surface area contributed by atoms with Crippen LogP contribution in [-0.2, 0) is 0 Å². The van der Waals surface area contributed by atoms with Crippen LogP contribution >= 0.6 is 12.2 Å². The normalized spacial score (nSPS) is 10.1. The summed E-state index contributed by atoms with van der Waals surface area (Å²) in [5.41, 5.74) is 5.61. The number of benzene rings is 1. The molecule has 0 spiro atoms. The fourth-order valence-electron chi connectivity index (χ4n) is 1.35. The number of aromatic amines is 1. The molecule has 0 saturated heterocycles. The van der Waals surface area contributed by atoms with Crippen molar-refractivity contribution in [2.45, 2.75) is 0 Å². The lowest BCUT2D eigenvalue weighted by molar-refractivity contribution is 0.376. The van der Waals surface area contributed by atoms with Crippen LogP contribution in [0.4, 0.5) is 0 Å². The third-order valence-corrected chi connectivity index (χ3v) is 2.16. The largest absolute Gasteiger partial charge is 0.484 e. The van der Waals surface area contributed by atoms with Crippen LogP contribution in [0.5, 0.6) is 5.75 Å². The highest BCUT2D eigenvalue weighted by Crippen LogP contribution is 2.20. The number of aromatic nitrogens is 3. The summed E-state index contributed by atoms with van der Waals surface area (Å²) in [6.07, 6.45) is 1.38. The first-order valence-corrected chi connectivity index (χ1v) is 5.22. The Morgan fingerprint density at radius 2 is 2.29 bits per heavy atom. The minimum Gasteiger partial charge on any atom is -0.484 e. The summed E-state index contributed by atoms with van der Waals surface area (Å²) < 4.78 is 6.75. The number of hydrogen-bond donors (Lipinski definition) is 2. The van der Waals surface area contributed by atoms with Gasteiger partial charge in [0, 0.05) is 0 Å². The van der Waals surface area contributed by atoms with E-state index in [1.807, 2.05) is 0 Å². The molecule has 1 heterocycles. The van der Waals surface area contributed by atoms with E-state index in [0.29, 0.717) is 11.4 Å². The zero-order valence-electron chi connectivity index (χ0n) is 8.79. The molecule has 2 rings (SSSR count). The lowest BCUT2D eigenvalue weighted by Crippen LogP contribution is -2.20. The molecule has 0 aliphatic carbocycles. The van der Waals surface area contributed by atoms with Crippen LogP contribution in [0.2, 0.25) is 0 Å². The van der Waals surface area contributed by atoms with Crippen molar-refractivity contribution >= 4 is 17.2 Å². The summed E-state index contributed by atoms with van der Waals surface area (Å²) in [5.74, 6) is 0.517. The van der Waals surface area contributed by atoms with Crippen LogP contribution in [0, 0.1) is 0 Å². The third-order valence-electron chi connectivity index (χ3n) is 2.05. The molecule has 0 saturated carbocycles. The van der Waals surface area contributed by atoms with Crippen LogP contribution in [0.1, 0.15) is 0 Å². The molecule has 2 aromatic rings. The van der Waals surface area contributed by atoms with Gasteiger partial charge in [0.1, 0.15) is 23.7 Å². The maximum atomic E-state index is 11.4. The zero-order chi connectivity index (χ0) is 12.3. The van der Waals surface area contributed by atoms with Crippen molar-refractivity contribution in [3.8, 4) is 11.4 Å². The van der Waals surface area contributed by atoms with Gasteiger partial charge in [-0.15, -0.1) is 0 Å². The monoisotopic (exact) mass is 250 g/mol. The molecule has 0 radical (unpaired) electrons. The van der Waals surface area contributed by atoms with Gasteiger partial charge in [-0.25, -0.2) is 14.5 Å². The Kier molecular flexibility index (Phi) is 3.20. The van der Waals surface area contributed by atoms with E-state index in [2.05, 4.69) is 10.2 Å². The lowest BCUT2D eigenvalue weighted by atomic mass is 10.3. The van der Waals surface area contributed by atoms with Crippen molar-refractivity contribution in [1.82, 2.24) is 14.8 Å². The highest BCUT2D eigenvalue weighted by atomic mass is 32.1. The van der Waals surface area contributed by atoms with E-state index < -0.39 is 0 Å². The number of H-pyrrole nitrogens is 1. The molecule has 0 aliphatic rings. The van der Waals surface area contributed by atoms with Crippen molar-refractivity contribution < 1.29 is 4.74 Å². The molecule has 0 bridgehead atoms. The van der Waals surface area contributed by atoms with Crippen LogP contribution in [-0.4, -0.2) is 26.4 Å². The Balaban J connectivity index is 2.37. The van der Waals surface area contributed by atoms with Gasteiger partial charge < -0.3 is 10.5 Å². The molecule has 17 heavy (non-hydrogen) atoms. The van der Waals surface area contributed by atoms with Crippen LogP contribution in [0.15, 0.2) is 35.4 Å². The quantitative estimate of drug-likeness (QED) is 0.758. The van der Waals surface area contributed by atoms with Crippen LogP contribution in [0.25, 0.3) is 5.69 Å². The Labute approximate surface area is 102 Å². The average Bonchev–Trinajstić information content (AvgIpc) is 2.73. The van der Waals surface area contributed by atoms with Crippen molar-refractivity contribution in [3.05, 3.63) is 41.1 Å². The molecule has 88 valence electrons. The first kappa shape index (κ1) is 11.3. The highest BCUT2D eigenvalue weighted by molar-refractivity contribution is 7.80. The molecule has 1 aromatic heterocycles. The Bertz CT molecular complexity index is 590. The third kappa shape index (κ3) is 2.51. The molecular formula is C10H10N4O2S. The van der Waals surface area contributed by atoms with Gasteiger partial charge in [0.25, 0.3) is 0 Å². The second-order valence-electron chi connectivity index (χ2n) is 3.25. The van der Waals surface area contributed by atoms with Gasteiger partial charge in [-0.1, -0.05) is 24.4 Å². The summed E-state index contributed by atoms with van der Waals surface area (Å²) in [6.45, 7) is 0.124. The summed E-state index contributed by atoms with van der Waals surface area (Å²) in [6, 6.07) is 7.06. The van der Waals surface area contributed by atoms with E-state index in [1.165, 1.54) is 10.9 Å². The van der Waals surface area contributed by atoms with Crippen LogP contribution < -0.4 is 16.2 Å². The SMILES string of the molecule is NC(=S)COc1ccccc1-n1cn[nH]c1=O. The molecule has 7 heteroatoms. The molecule has 6 nitrogen and oxygen atoms in total. The number of thiocarbonyl (C=S) groups is 1. The van der Waals surface area contributed by atoms with Gasteiger partial charge >= 0.3 is 5.69 Å². The van der Waals surface area contributed by atoms with Gasteiger partial charge in [0.05, 0.1) is 5.69 Å². The summed E-state index contributed by atoms with van der Waals surface area (Å²) in [4.78, 5) is 11.7. The van der Waals surface area contributed by atoms with Gasteiger partial charge in [-0.2, -0.15) is 5.10 Å². The maximum Gasteiger partial charge on any atom is 0.347 e. The standard InChI is InChI=1S/C10H10N4O2S/c11-9(17)5-16-8-4-2-1-3-7(8)14-6-12-13-10(14)15/h1-4,6H,5H2,(H2,11,17)(H,13,15). The number of para-hydroxylation sites is 2. The van der Waals surface area contributed by atoms with Crippen molar-refractivity contribution in [2.24, 2.45) is 5.73 Å². The smallest absolute Gasteiger partial charge is 0.347 e. The fraction of sp³-hybridized carbons (Fsp3) is 0.100. The van der Waals surface area contributed by atoms with Crippen molar-refractivity contribution in [1.29, 1.82) is 0 Å². The predicted octanol–water partition coefficient (Wildman–Crippen LogP) is 0.225. The summed E-state index contributed by atoms with van der Waals surface area (Å²) >= 11 is 4.73. The highest BCUT2D eigenvalue weighted by Gasteiger charge is 2.07. The van der Waals surface area contributed by atoms with E-state index >= 15 is 0 Å².